The molecular formula is C12H18N2O2S. The van der Waals surface area contributed by atoms with Crippen molar-refractivity contribution in [2.45, 2.75) is 25.9 Å². The van der Waals surface area contributed by atoms with Crippen molar-refractivity contribution >= 4 is 17.4 Å². The fourth-order valence-electron chi connectivity index (χ4n) is 1.91. The van der Waals surface area contributed by atoms with Gasteiger partial charge in [0.15, 0.2) is 0 Å². The number of hydrogen-bond acceptors (Lipinski definition) is 3. The molecule has 0 spiro atoms. The molecule has 1 aliphatic rings. The number of morpholine rings is 1. The summed E-state index contributed by atoms with van der Waals surface area (Å²) in [6, 6.07) is 4.26. The van der Waals surface area contributed by atoms with Crippen LogP contribution in [-0.2, 0) is 4.74 Å². The molecular weight excluding hydrogens is 236 g/mol. The van der Waals surface area contributed by atoms with Crippen LogP contribution in [0.5, 0.6) is 0 Å². The Balaban J connectivity index is 1.92. The second-order valence-corrected chi connectivity index (χ2v) is 5.28. The molecule has 1 aliphatic heterocycles. The van der Waals surface area contributed by atoms with Gasteiger partial charge >= 0.3 is 6.03 Å². The predicted octanol–water partition coefficient (Wildman–Crippen LogP) is 2.24. The maximum absolute atomic E-state index is 12.1. The monoisotopic (exact) mass is 254 g/mol. The van der Waals surface area contributed by atoms with Crippen molar-refractivity contribution in [1.29, 1.82) is 0 Å². The second kappa shape index (κ2) is 5.51. The normalized spacial score (nSPS) is 22.2. The van der Waals surface area contributed by atoms with E-state index in [9.17, 15) is 4.79 Å². The van der Waals surface area contributed by atoms with Crippen molar-refractivity contribution in [2.75, 3.05) is 19.8 Å². The molecule has 2 atom stereocenters. The molecule has 0 saturated carbocycles. The fraction of sp³-hybridized carbons (Fsp3) is 0.583. The van der Waals surface area contributed by atoms with Gasteiger partial charge in [0.1, 0.15) is 0 Å². The zero-order valence-corrected chi connectivity index (χ0v) is 11.0. The molecule has 2 heterocycles. The molecule has 0 aliphatic carbocycles. The van der Waals surface area contributed by atoms with E-state index in [1.54, 1.807) is 11.3 Å². The SMILES string of the molecule is C[C@@H](NC(=O)N1CCOC[C@@H]1C)c1cccs1. The van der Waals surface area contributed by atoms with E-state index in [2.05, 4.69) is 5.32 Å². The maximum atomic E-state index is 12.1. The predicted molar refractivity (Wildman–Crippen MR) is 68.3 cm³/mol. The van der Waals surface area contributed by atoms with Crippen LogP contribution in [0.25, 0.3) is 0 Å². The minimum atomic E-state index is 0.00157. The number of nitrogens with zero attached hydrogens (tertiary/aromatic N) is 1. The van der Waals surface area contributed by atoms with Gasteiger partial charge < -0.3 is 15.0 Å². The minimum Gasteiger partial charge on any atom is -0.377 e. The Morgan fingerprint density at radius 1 is 1.71 bits per heavy atom. The Labute approximate surface area is 106 Å². The van der Waals surface area contributed by atoms with Crippen molar-refractivity contribution < 1.29 is 9.53 Å². The molecule has 0 radical (unpaired) electrons. The third-order valence-corrected chi connectivity index (χ3v) is 3.99. The molecule has 5 heteroatoms. The average Bonchev–Trinajstić information content (AvgIpc) is 2.82. The van der Waals surface area contributed by atoms with E-state index in [0.717, 1.165) is 0 Å². The Bertz CT molecular complexity index is 367. The van der Waals surface area contributed by atoms with Gasteiger partial charge in [0.25, 0.3) is 0 Å². The van der Waals surface area contributed by atoms with Gasteiger partial charge in [-0.1, -0.05) is 6.07 Å². The largest absolute Gasteiger partial charge is 0.377 e. The first-order valence-electron chi connectivity index (χ1n) is 5.86. The van der Waals surface area contributed by atoms with Gasteiger partial charge in [-0.2, -0.15) is 0 Å². The van der Waals surface area contributed by atoms with E-state index in [1.807, 2.05) is 36.3 Å². The number of nitrogens with one attached hydrogen (secondary N) is 1. The molecule has 0 unspecified atom stereocenters. The summed E-state index contributed by atoms with van der Waals surface area (Å²) in [5.41, 5.74) is 0. The van der Waals surface area contributed by atoms with Crippen LogP contribution in [0.3, 0.4) is 0 Å². The highest BCUT2D eigenvalue weighted by molar-refractivity contribution is 7.10. The van der Waals surface area contributed by atoms with Crippen LogP contribution in [0.15, 0.2) is 17.5 Å². The standard InChI is InChI=1S/C12H18N2O2S/c1-9-8-16-6-5-14(9)12(15)13-10(2)11-4-3-7-17-11/h3-4,7,9-10H,5-6,8H2,1-2H3,(H,13,15)/t9-,10+/m0/s1. The molecule has 2 rings (SSSR count). The molecule has 94 valence electrons. The summed E-state index contributed by atoms with van der Waals surface area (Å²) in [5.74, 6) is 0. The lowest BCUT2D eigenvalue weighted by Gasteiger charge is -2.34. The van der Waals surface area contributed by atoms with E-state index < -0.39 is 0 Å². The second-order valence-electron chi connectivity index (χ2n) is 4.30. The molecule has 1 fully saturated rings. The van der Waals surface area contributed by atoms with Gasteiger partial charge in [-0.05, 0) is 25.3 Å². The van der Waals surface area contributed by atoms with Crippen LogP contribution >= 0.6 is 11.3 Å². The molecule has 4 nitrogen and oxygen atoms in total. The highest BCUT2D eigenvalue weighted by atomic mass is 32.1. The van der Waals surface area contributed by atoms with Crippen molar-refractivity contribution in [3.05, 3.63) is 22.4 Å². The zero-order valence-electron chi connectivity index (χ0n) is 10.2. The lowest BCUT2D eigenvalue weighted by molar-refractivity contribution is 0.0185. The maximum Gasteiger partial charge on any atom is 0.318 e. The summed E-state index contributed by atoms with van der Waals surface area (Å²) < 4.78 is 5.32. The van der Waals surface area contributed by atoms with E-state index in [-0.39, 0.29) is 18.1 Å². The summed E-state index contributed by atoms with van der Waals surface area (Å²) in [7, 11) is 0. The van der Waals surface area contributed by atoms with E-state index in [0.29, 0.717) is 19.8 Å². The quantitative estimate of drug-likeness (QED) is 0.879. The summed E-state index contributed by atoms with van der Waals surface area (Å²) in [6.07, 6.45) is 0. The number of rotatable bonds is 2. The Morgan fingerprint density at radius 2 is 2.53 bits per heavy atom. The molecule has 1 aromatic heterocycles. The number of urea groups is 1. The third kappa shape index (κ3) is 2.98. The van der Waals surface area contributed by atoms with Crippen molar-refractivity contribution in [3.8, 4) is 0 Å². The van der Waals surface area contributed by atoms with E-state index in [1.165, 1.54) is 4.88 Å². The Morgan fingerprint density at radius 3 is 3.18 bits per heavy atom. The first-order chi connectivity index (χ1) is 8.18. The summed E-state index contributed by atoms with van der Waals surface area (Å²) in [6.45, 7) is 5.94. The van der Waals surface area contributed by atoms with Crippen LogP contribution < -0.4 is 5.32 Å². The number of thiophene rings is 1. The summed E-state index contributed by atoms with van der Waals surface area (Å²) in [5, 5.41) is 5.05. The van der Waals surface area contributed by atoms with Gasteiger partial charge in [-0.15, -0.1) is 11.3 Å². The average molecular weight is 254 g/mol. The minimum absolute atomic E-state index is 0.00157. The number of carbonyl (C=O) groups excluding carboxylic acids is 1. The highest BCUT2D eigenvalue weighted by Gasteiger charge is 2.24. The summed E-state index contributed by atoms with van der Waals surface area (Å²) >= 11 is 1.66. The topological polar surface area (TPSA) is 41.6 Å². The number of carbonyl (C=O) groups is 1. The van der Waals surface area contributed by atoms with Crippen LogP contribution in [-0.4, -0.2) is 36.7 Å². The Hall–Kier alpha value is -1.07. The fourth-order valence-corrected chi connectivity index (χ4v) is 2.64. The van der Waals surface area contributed by atoms with Gasteiger partial charge in [0, 0.05) is 11.4 Å². The summed E-state index contributed by atoms with van der Waals surface area (Å²) in [4.78, 5) is 15.1. The smallest absolute Gasteiger partial charge is 0.318 e. The third-order valence-electron chi connectivity index (χ3n) is 2.94. The van der Waals surface area contributed by atoms with Crippen molar-refractivity contribution in [1.82, 2.24) is 10.2 Å². The lowest BCUT2D eigenvalue weighted by Crippen LogP contribution is -2.51. The molecule has 2 amide bonds. The highest BCUT2D eigenvalue weighted by Crippen LogP contribution is 2.18. The van der Waals surface area contributed by atoms with Gasteiger partial charge in [-0.25, -0.2) is 4.79 Å². The zero-order chi connectivity index (χ0) is 12.3. The van der Waals surface area contributed by atoms with Crippen molar-refractivity contribution in [2.24, 2.45) is 0 Å². The van der Waals surface area contributed by atoms with Crippen LogP contribution in [0.2, 0.25) is 0 Å². The lowest BCUT2D eigenvalue weighted by atomic mass is 10.2. The van der Waals surface area contributed by atoms with Gasteiger partial charge in [0.05, 0.1) is 25.3 Å². The molecule has 1 N–H and O–H groups in total. The van der Waals surface area contributed by atoms with Gasteiger partial charge in [0.2, 0.25) is 0 Å². The van der Waals surface area contributed by atoms with Crippen LogP contribution in [0, 0.1) is 0 Å². The molecule has 17 heavy (non-hydrogen) atoms. The van der Waals surface area contributed by atoms with Crippen LogP contribution in [0.4, 0.5) is 4.79 Å². The number of ether oxygens (including phenoxy) is 1. The molecule has 1 aromatic rings. The van der Waals surface area contributed by atoms with E-state index >= 15 is 0 Å². The van der Waals surface area contributed by atoms with Gasteiger partial charge in [-0.3, -0.25) is 0 Å². The number of hydrogen-bond donors (Lipinski definition) is 1. The van der Waals surface area contributed by atoms with Crippen LogP contribution in [0.1, 0.15) is 24.8 Å². The Kier molecular flexibility index (Phi) is 4.02. The molecule has 0 bridgehead atoms. The molecule has 0 aromatic carbocycles. The van der Waals surface area contributed by atoms with Crippen molar-refractivity contribution in [3.63, 3.8) is 0 Å². The van der Waals surface area contributed by atoms with E-state index in [4.69, 9.17) is 4.74 Å². The number of amides is 2. The first-order valence-corrected chi connectivity index (χ1v) is 6.74. The first kappa shape index (κ1) is 12.4. The molecule has 1 saturated heterocycles.